The zero-order valence-electron chi connectivity index (χ0n) is 18.0. The zero-order valence-corrected chi connectivity index (χ0v) is 18.8. The van der Waals surface area contributed by atoms with Crippen LogP contribution in [0.1, 0.15) is 38.5 Å². The smallest absolute Gasteiger partial charge is 0.127 e. The average molecular weight is 426 g/mol. The van der Waals surface area contributed by atoms with Gasteiger partial charge in [0.15, 0.2) is 0 Å². The second kappa shape index (κ2) is 11.8. The van der Waals surface area contributed by atoms with E-state index in [1.54, 1.807) is 11.9 Å². The van der Waals surface area contributed by atoms with E-state index in [1.165, 1.54) is 76.1 Å². The molecule has 5 heteroatoms. The molecule has 4 nitrogen and oxygen atoms in total. The van der Waals surface area contributed by atoms with E-state index < -0.39 is 0 Å². The lowest BCUT2D eigenvalue weighted by molar-refractivity contribution is 0.0923. The standard InChI is InChI=1S/C25H35N3OS/c1-3-8-23(9-4-1)29-24-10-12-25(13-11-24)30-26-16-7-17-27-20-14-22(15-21-27)28-18-5-2-6-19-28/h1,3-4,8-13,22,26H,2,5-7,14-21H2. The van der Waals surface area contributed by atoms with Gasteiger partial charge in [0, 0.05) is 17.5 Å². The second-order valence-electron chi connectivity index (χ2n) is 8.41. The van der Waals surface area contributed by atoms with Crippen LogP contribution < -0.4 is 9.46 Å². The van der Waals surface area contributed by atoms with Crippen molar-refractivity contribution in [3.8, 4) is 11.5 Å². The molecule has 2 aromatic carbocycles. The van der Waals surface area contributed by atoms with Crippen LogP contribution in [0.15, 0.2) is 59.5 Å². The molecule has 0 spiro atoms. The molecule has 0 aliphatic carbocycles. The lowest BCUT2D eigenvalue weighted by atomic mass is 10.00. The summed E-state index contributed by atoms with van der Waals surface area (Å²) in [5.74, 6) is 1.74. The van der Waals surface area contributed by atoms with Gasteiger partial charge in [-0.3, -0.25) is 4.72 Å². The van der Waals surface area contributed by atoms with Crippen LogP contribution in [0.5, 0.6) is 11.5 Å². The highest BCUT2D eigenvalue weighted by Crippen LogP contribution is 2.24. The van der Waals surface area contributed by atoms with Crippen molar-refractivity contribution >= 4 is 11.9 Å². The second-order valence-corrected chi connectivity index (χ2v) is 9.37. The Balaban J connectivity index is 1.08. The van der Waals surface area contributed by atoms with E-state index in [1.807, 2.05) is 42.5 Å². The third-order valence-corrected chi connectivity index (χ3v) is 7.07. The molecule has 30 heavy (non-hydrogen) atoms. The Kier molecular flexibility index (Phi) is 8.50. The van der Waals surface area contributed by atoms with E-state index in [9.17, 15) is 0 Å². The number of benzene rings is 2. The molecule has 0 amide bonds. The summed E-state index contributed by atoms with van der Waals surface area (Å²) < 4.78 is 9.36. The van der Waals surface area contributed by atoms with Crippen LogP contribution in [0.2, 0.25) is 0 Å². The van der Waals surface area contributed by atoms with E-state index >= 15 is 0 Å². The minimum Gasteiger partial charge on any atom is -0.457 e. The molecule has 0 aromatic heterocycles. The summed E-state index contributed by atoms with van der Waals surface area (Å²) in [6, 6.07) is 19.1. The number of nitrogens with one attached hydrogen (secondary N) is 1. The number of likely N-dealkylation sites (tertiary alicyclic amines) is 2. The molecule has 2 aliphatic rings. The quantitative estimate of drug-likeness (QED) is 0.428. The minimum absolute atomic E-state index is 0.851. The Morgan fingerprint density at radius 2 is 1.53 bits per heavy atom. The number of rotatable bonds is 9. The maximum atomic E-state index is 5.85. The number of ether oxygens (including phenoxy) is 1. The molecule has 2 aliphatic heterocycles. The summed E-state index contributed by atoms with van der Waals surface area (Å²) in [4.78, 5) is 6.63. The molecule has 0 bridgehead atoms. The number of hydrogen-bond donors (Lipinski definition) is 1. The Labute approximate surface area is 186 Å². The fourth-order valence-electron chi connectivity index (χ4n) is 4.50. The molecule has 2 fully saturated rings. The fourth-order valence-corrected chi connectivity index (χ4v) is 5.19. The topological polar surface area (TPSA) is 27.7 Å². The summed E-state index contributed by atoms with van der Waals surface area (Å²) in [6.45, 7) is 7.48. The molecule has 162 valence electrons. The van der Waals surface area contributed by atoms with Gasteiger partial charge in [-0.25, -0.2) is 0 Å². The third kappa shape index (κ3) is 6.74. The summed E-state index contributed by atoms with van der Waals surface area (Å²) in [5, 5.41) is 0. The Bertz CT molecular complexity index is 726. The molecule has 0 unspecified atom stereocenters. The monoisotopic (exact) mass is 425 g/mol. The van der Waals surface area contributed by atoms with E-state index in [2.05, 4.69) is 26.7 Å². The van der Waals surface area contributed by atoms with Gasteiger partial charge in [-0.15, -0.1) is 0 Å². The van der Waals surface area contributed by atoms with Gasteiger partial charge in [0.25, 0.3) is 0 Å². The summed E-state index contributed by atoms with van der Waals surface area (Å²) >= 11 is 1.71. The van der Waals surface area contributed by atoms with Crippen LogP contribution in [0, 0.1) is 0 Å². The van der Waals surface area contributed by atoms with Gasteiger partial charge in [0.1, 0.15) is 11.5 Å². The predicted octanol–water partition coefficient (Wildman–Crippen LogP) is 5.42. The zero-order chi connectivity index (χ0) is 20.4. The predicted molar refractivity (Wildman–Crippen MR) is 126 cm³/mol. The number of para-hydroxylation sites is 1. The van der Waals surface area contributed by atoms with Crippen molar-refractivity contribution in [3.05, 3.63) is 54.6 Å². The van der Waals surface area contributed by atoms with E-state index in [4.69, 9.17) is 4.74 Å². The number of hydrogen-bond acceptors (Lipinski definition) is 5. The summed E-state index contributed by atoms with van der Waals surface area (Å²) in [6.07, 6.45) is 8.18. The highest BCUT2D eigenvalue weighted by molar-refractivity contribution is 7.97. The van der Waals surface area contributed by atoms with Gasteiger partial charge in [-0.2, -0.15) is 0 Å². The van der Waals surface area contributed by atoms with Gasteiger partial charge in [0.05, 0.1) is 0 Å². The van der Waals surface area contributed by atoms with Crippen molar-refractivity contribution in [2.45, 2.75) is 49.5 Å². The molecule has 0 saturated carbocycles. The maximum Gasteiger partial charge on any atom is 0.127 e. The van der Waals surface area contributed by atoms with Crippen LogP contribution in [0.3, 0.4) is 0 Å². The molecule has 2 saturated heterocycles. The molecule has 1 N–H and O–H groups in total. The van der Waals surface area contributed by atoms with Crippen LogP contribution in [0.4, 0.5) is 0 Å². The maximum absolute atomic E-state index is 5.85. The normalized spacial score (nSPS) is 19.1. The van der Waals surface area contributed by atoms with Crippen molar-refractivity contribution in [3.63, 3.8) is 0 Å². The Morgan fingerprint density at radius 3 is 2.27 bits per heavy atom. The highest BCUT2D eigenvalue weighted by Gasteiger charge is 2.25. The summed E-state index contributed by atoms with van der Waals surface area (Å²) in [5.41, 5.74) is 0. The fraction of sp³-hybridized carbons (Fsp3) is 0.520. The first-order chi connectivity index (χ1) is 14.9. The third-order valence-electron chi connectivity index (χ3n) is 6.21. The van der Waals surface area contributed by atoms with Gasteiger partial charge in [-0.05, 0) is 113 Å². The molecule has 0 radical (unpaired) electrons. The van der Waals surface area contributed by atoms with E-state index in [0.29, 0.717) is 0 Å². The lowest BCUT2D eigenvalue weighted by Gasteiger charge is -2.40. The molecule has 2 heterocycles. The van der Waals surface area contributed by atoms with Crippen LogP contribution in [-0.4, -0.2) is 55.1 Å². The summed E-state index contributed by atoms with van der Waals surface area (Å²) in [7, 11) is 0. The first kappa shape index (κ1) is 21.7. The Morgan fingerprint density at radius 1 is 0.833 bits per heavy atom. The van der Waals surface area contributed by atoms with E-state index in [-0.39, 0.29) is 0 Å². The number of piperidine rings is 2. The van der Waals surface area contributed by atoms with Crippen molar-refractivity contribution in [1.29, 1.82) is 0 Å². The molecular formula is C25H35N3OS. The highest BCUT2D eigenvalue weighted by atomic mass is 32.2. The first-order valence-electron chi connectivity index (χ1n) is 11.6. The SMILES string of the molecule is c1ccc(Oc2ccc(SNCCCN3CCC(N4CCCCC4)CC3)cc2)cc1. The van der Waals surface area contributed by atoms with E-state index in [0.717, 1.165) is 24.1 Å². The average Bonchev–Trinajstić information content (AvgIpc) is 2.82. The van der Waals surface area contributed by atoms with Crippen molar-refractivity contribution in [2.75, 3.05) is 39.3 Å². The van der Waals surface area contributed by atoms with Gasteiger partial charge in [0.2, 0.25) is 0 Å². The Hall–Kier alpha value is -1.53. The van der Waals surface area contributed by atoms with Gasteiger partial charge in [-0.1, -0.05) is 24.6 Å². The van der Waals surface area contributed by atoms with Crippen molar-refractivity contribution in [1.82, 2.24) is 14.5 Å². The molecule has 0 atom stereocenters. The number of nitrogens with zero attached hydrogens (tertiary/aromatic N) is 2. The van der Waals surface area contributed by atoms with Crippen molar-refractivity contribution < 1.29 is 4.74 Å². The van der Waals surface area contributed by atoms with Crippen LogP contribution in [-0.2, 0) is 0 Å². The van der Waals surface area contributed by atoms with Crippen LogP contribution >= 0.6 is 11.9 Å². The van der Waals surface area contributed by atoms with Gasteiger partial charge >= 0.3 is 0 Å². The lowest BCUT2D eigenvalue weighted by Crippen LogP contribution is -2.46. The van der Waals surface area contributed by atoms with Crippen molar-refractivity contribution in [2.24, 2.45) is 0 Å². The molecule has 4 rings (SSSR count). The van der Waals surface area contributed by atoms with Crippen LogP contribution in [0.25, 0.3) is 0 Å². The minimum atomic E-state index is 0.851. The van der Waals surface area contributed by atoms with Gasteiger partial charge < -0.3 is 14.5 Å². The largest absolute Gasteiger partial charge is 0.457 e. The molecule has 2 aromatic rings. The first-order valence-corrected chi connectivity index (χ1v) is 12.4. The molecular weight excluding hydrogens is 390 g/mol.